The van der Waals surface area contributed by atoms with Crippen LogP contribution in [0, 0.1) is 19.8 Å². The largest absolute Gasteiger partial charge is 0.268 e. The fourth-order valence-electron chi connectivity index (χ4n) is 2.36. The first-order chi connectivity index (χ1) is 10.2. The van der Waals surface area contributed by atoms with Crippen LogP contribution in [0.1, 0.15) is 44.0 Å². The van der Waals surface area contributed by atoms with Crippen LogP contribution in [0.15, 0.2) is 11.2 Å². The van der Waals surface area contributed by atoms with Crippen LogP contribution < -0.4 is 4.72 Å². The summed E-state index contributed by atoms with van der Waals surface area (Å²) in [6.07, 6.45) is 1.34. The van der Waals surface area contributed by atoms with Gasteiger partial charge in [-0.3, -0.25) is 9.78 Å². The minimum Gasteiger partial charge on any atom is -0.268 e. The zero-order valence-electron chi connectivity index (χ0n) is 13.5. The van der Waals surface area contributed by atoms with Gasteiger partial charge in [0.25, 0.3) is 0 Å². The SMILES string of the molecule is Cc1nn(CC(C)C)c(C)c1S(=O)(=O)NC(C)c1ncn[nH]1. The Morgan fingerprint density at radius 1 is 1.32 bits per heavy atom. The van der Waals surface area contributed by atoms with Gasteiger partial charge >= 0.3 is 0 Å². The van der Waals surface area contributed by atoms with E-state index in [4.69, 9.17) is 0 Å². The number of sulfonamides is 1. The van der Waals surface area contributed by atoms with Crippen molar-refractivity contribution in [1.82, 2.24) is 29.7 Å². The lowest BCUT2D eigenvalue weighted by molar-refractivity contribution is 0.471. The van der Waals surface area contributed by atoms with Crippen LogP contribution >= 0.6 is 0 Å². The fraction of sp³-hybridized carbons (Fsp3) is 0.615. The summed E-state index contributed by atoms with van der Waals surface area (Å²) < 4.78 is 29.7. The van der Waals surface area contributed by atoms with Gasteiger partial charge in [0.1, 0.15) is 17.0 Å². The molecule has 0 amide bonds. The van der Waals surface area contributed by atoms with Gasteiger partial charge in [-0.05, 0) is 26.7 Å². The van der Waals surface area contributed by atoms with Crippen molar-refractivity contribution in [2.45, 2.75) is 52.1 Å². The van der Waals surface area contributed by atoms with E-state index in [9.17, 15) is 8.42 Å². The van der Waals surface area contributed by atoms with Gasteiger partial charge in [0.2, 0.25) is 10.0 Å². The van der Waals surface area contributed by atoms with E-state index in [1.54, 1.807) is 25.5 Å². The number of hydrogen-bond acceptors (Lipinski definition) is 5. The summed E-state index contributed by atoms with van der Waals surface area (Å²) in [6.45, 7) is 10.00. The van der Waals surface area contributed by atoms with E-state index in [-0.39, 0.29) is 4.90 Å². The van der Waals surface area contributed by atoms with Crippen molar-refractivity contribution in [3.05, 3.63) is 23.5 Å². The maximum atomic E-state index is 12.7. The van der Waals surface area contributed by atoms with Crippen molar-refractivity contribution in [1.29, 1.82) is 0 Å². The number of nitrogens with one attached hydrogen (secondary N) is 2. The molecule has 2 heterocycles. The molecule has 2 aromatic heterocycles. The van der Waals surface area contributed by atoms with Crippen molar-refractivity contribution in [2.75, 3.05) is 0 Å². The van der Waals surface area contributed by atoms with E-state index < -0.39 is 16.1 Å². The molecule has 0 aliphatic heterocycles. The average molecular weight is 326 g/mol. The second kappa shape index (κ2) is 6.17. The predicted octanol–water partition coefficient (Wildman–Crippen LogP) is 1.31. The normalized spacial score (nSPS) is 13.7. The average Bonchev–Trinajstić information content (AvgIpc) is 2.97. The van der Waals surface area contributed by atoms with Crippen LogP contribution in [0.25, 0.3) is 0 Å². The van der Waals surface area contributed by atoms with Crippen LogP contribution in [-0.4, -0.2) is 33.4 Å². The second-order valence-electron chi connectivity index (χ2n) is 5.79. The maximum absolute atomic E-state index is 12.7. The Hall–Kier alpha value is -1.74. The summed E-state index contributed by atoms with van der Waals surface area (Å²) in [6, 6.07) is -0.500. The van der Waals surface area contributed by atoms with Crippen LogP contribution in [0.2, 0.25) is 0 Å². The Bertz CT molecular complexity index is 733. The van der Waals surface area contributed by atoms with Gasteiger partial charge in [-0.2, -0.15) is 10.2 Å². The van der Waals surface area contributed by atoms with E-state index in [0.717, 1.165) is 0 Å². The topological polar surface area (TPSA) is 106 Å². The summed E-state index contributed by atoms with van der Waals surface area (Å²) in [4.78, 5) is 4.20. The van der Waals surface area contributed by atoms with Gasteiger partial charge in [0, 0.05) is 6.54 Å². The van der Waals surface area contributed by atoms with E-state index in [0.29, 0.717) is 29.7 Å². The molecule has 1 atom stereocenters. The molecule has 122 valence electrons. The molecular formula is C13H22N6O2S. The molecule has 8 nitrogen and oxygen atoms in total. The molecule has 2 aromatic rings. The van der Waals surface area contributed by atoms with Gasteiger partial charge in [-0.1, -0.05) is 13.8 Å². The molecule has 0 bridgehead atoms. The zero-order chi connectivity index (χ0) is 16.5. The van der Waals surface area contributed by atoms with Gasteiger partial charge in [0.15, 0.2) is 0 Å². The van der Waals surface area contributed by atoms with Crippen LogP contribution in [0.4, 0.5) is 0 Å². The summed E-state index contributed by atoms with van der Waals surface area (Å²) in [5.74, 6) is 0.850. The van der Waals surface area contributed by atoms with Crippen molar-refractivity contribution in [3.63, 3.8) is 0 Å². The minimum absolute atomic E-state index is 0.236. The highest BCUT2D eigenvalue weighted by molar-refractivity contribution is 7.89. The first-order valence-corrected chi connectivity index (χ1v) is 8.62. The Kier molecular flexibility index (Phi) is 4.66. The third-order valence-electron chi connectivity index (χ3n) is 3.30. The summed E-state index contributed by atoms with van der Waals surface area (Å²) in [7, 11) is -3.68. The molecule has 0 aliphatic rings. The minimum atomic E-state index is -3.68. The molecule has 1 unspecified atom stereocenters. The Morgan fingerprint density at radius 2 is 2.00 bits per heavy atom. The molecule has 2 N–H and O–H groups in total. The van der Waals surface area contributed by atoms with E-state index in [1.165, 1.54) is 6.33 Å². The third-order valence-corrected chi connectivity index (χ3v) is 5.09. The molecule has 9 heteroatoms. The van der Waals surface area contributed by atoms with Crippen LogP contribution in [0.5, 0.6) is 0 Å². The summed E-state index contributed by atoms with van der Waals surface area (Å²) >= 11 is 0. The number of rotatable bonds is 6. The highest BCUT2D eigenvalue weighted by Crippen LogP contribution is 2.22. The first kappa shape index (κ1) is 16.6. The quantitative estimate of drug-likeness (QED) is 0.832. The molecule has 0 spiro atoms. The standard InChI is InChI=1S/C13H22N6O2S/c1-8(2)6-19-11(5)12(9(3)17-19)22(20,21)18-10(4)13-14-7-15-16-13/h7-8,10,18H,6H2,1-5H3,(H,14,15,16). The molecule has 22 heavy (non-hydrogen) atoms. The Morgan fingerprint density at radius 3 is 2.55 bits per heavy atom. The summed E-state index contributed by atoms with van der Waals surface area (Å²) in [5.41, 5.74) is 1.14. The highest BCUT2D eigenvalue weighted by atomic mass is 32.2. The van der Waals surface area contributed by atoms with Crippen molar-refractivity contribution < 1.29 is 8.42 Å². The van der Waals surface area contributed by atoms with Crippen molar-refractivity contribution in [3.8, 4) is 0 Å². The van der Waals surface area contributed by atoms with Crippen LogP contribution in [-0.2, 0) is 16.6 Å². The Labute approximate surface area is 130 Å². The van der Waals surface area contributed by atoms with Crippen LogP contribution in [0.3, 0.4) is 0 Å². The highest BCUT2D eigenvalue weighted by Gasteiger charge is 2.27. The third kappa shape index (κ3) is 3.36. The summed E-state index contributed by atoms with van der Waals surface area (Å²) in [5, 5.41) is 10.7. The first-order valence-electron chi connectivity index (χ1n) is 7.14. The van der Waals surface area contributed by atoms with Gasteiger partial charge in [-0.25, -0.2) is 18.1 Å². The van der Waals surface area contributed by atoms with Gasteiger partial charge in [0.05, 0.1) is 17.4 Å². The van der Waals surface area contributed by atoms with Crippen molar-refractivity contribution in [2.24, 2.45) is 5.92 Å². The zero-order valence-corrected chi connectivity index (χ0v) is 14.3. The molecule has 0 saturated carbocycles. The monoisotopic (exact) mass is 326 g/mol. The number of nitrogens with zero attached hydrogens (tertiary/aromatic N) is 4. The number of H-pyrrole nitrogens is 1. The molecular weight excluding hydrogens is 304 g/mol. The van der Waals surface area contributed by atoms with Crippen molar-refractivity contribution >= 4 is 10.0 Å². The number of aromatic nitrogens is 5. The molecule has 2 rings (SSSR count). The molecule has 0 radical (unpaired) electrons. The predicted molar refractivity (Wildman–Crippen MR) is 81.7 cm³/mol. The lowest BCUT2D eigenvalue weighted by Crippen LogP contribution is -2.28. The molecule has 0 aliphatic carbocycles. The number of aryl methyl sites for hydroxylation is 1. The molecule has 0 fully saturated rings. The van der Waals surface area contributed by atoms with Gasteiger partial charge in [-0.15, -0.1) is 0 Å². The lowest BCUT2D eigenvalue weighted by atomic mass is 10.2. The van der Waals surface area contributed by atoms with E-state index in [2.05, 4.69) is 38.8 Å². The maximum Gasteiger partial charge on any atom is 0.244 e. The van der Waals surface area contributed by atoms with Gasteiger partial charge < -0.3 is 0 Å². The fourth-order valence-corrected chi connectivity index (χ4v) is 3.98. The smallest absolute Gasteiger partial charge is 0.244 e. The molecule has 0 saturated heterocycles. The Balaban J connectivity index is 2.31. The lowest BCUT2D eigenvalue weighted by Gasteiger charge is -2.12. The second-order valence-corrected chi connectivity index (χ2v) is 7.44. The number of hydrogen-bond donors (Lipinski definition) is 2. The van der Waals surface area contributed by atoms with E-state index >= 15 is 0 Å². The molecule has 0 aromatic carbocycles. The van der Waals surface area contributed by atoms with E-state index in [1.807, 2.05) is 0 Å². The number of aromatic amines is 1.